The van der Waals surface area contributed by atoms with Crippen molar-refractivity contribution >= 4 is 33.6 Å². The maximum absolute atomic E-state index is 10.8. The summed E-state index contributed by atoms with van der Waals surface area (Å²) in [6.45, 7) is 4.60. The van der Waals surface area contributed by atoms with Crippen molar-refractivity contribution in [1.82, 2.24) is 4.98 Å². The number of benzene rings is 2. The van der Waals surface area contributed by atoms with Crippen LogP contribution in [0.1, 0.15) is 34.9 Å². The molecule has 0 bridgehead atoms. The minimum atomic E-state index is -0.446. The van der Waals surface area contributed by atoms with E-state index in [2.05, 4.69) is 37.5 Å². The van der Waals surface area contributed by atoms with E-state index in [4.69, 9.17) is 14.2 Å². The van der Waals surface area contributed by atoms with Crippen LogP contribution < -0.4 is 14.9 Å². The second-order valence-corrected chi connectivity index (χ2v) is 8.39. The van der Waals surface area contributed by atoms with Crippen molar-refractivity contribution < 1.29 is 19.1 Å². The number of hydrogen-bond acceptors (Lipinski definition) is 9. The highest BCUT2D eigenvalue weighted by Gasteiger charge is 2.14. The number of nitrogens with one attached hydrogen (secondary N) is 1. The van der Waals surface area contributed by atoms with Gasteiger partial charge in [-0.25, -0.2) is 4.98 Å². The summed E-state index contributed by atoms with van der Waals surface area (Å²) in [5, 5.41) is 24.7. The largest absolute Gasteiger partial charge is 0.490 e. The van der Waals surface area contributed by atoms with Crippen LogP contribution in [0.3, 0.4) is 0 Å². The van der Waals surface area contributed by atoms with E-state index < -0.39 is 4.92 Å². The first-order valence-electron chi connectivity index (χ1n) is 10.9. The van der Waals surface area contributed by atoms with Crippen LogP contribution in [0.25, 0.3) is 0 Å². The van der Waals surface area contributed by atoms with Crippen molar-refractivity contribution in [2.24, 2.45) is 5.10 Å². The van der Waals surface area contributed by atoms with Gasteiger partial charge in [0.2, 0.25) is 0 Å². The predicted molar refractivity (Wildman–Crippen MR) is 138 cm³/mol. The molecule has 0 unspecified atom stereocenters. The minimum Gasteiger partial charge on any atom is -0.490 e. The van der Waals surface area contributed by atoms with E-state index in [0.717, 1.165) is 16.8 Å². The number of rotatable bonds is 11. The standard InChI is InChI=1S/C25H24BrN5O5/c1-4-35-23-11-18(13-28-30-25-21(12-27)19(15-34-3)9-16(2)29-25)10-22(26)24(23)36-14-17-5-7-20(8-6-17)31(32)33/h5-11,13H,4,14-15H2,1-3H3,(H,29,30)/b28-13-. The molecule has 2 aromatic carbocycles. The van der Waals surface area contributed by atoms with Gasteiger partial charge in [-0.2, -0.15) is 10.4 Å². The molecule has 0 fully saturated rings. The van der Waals surface area contributed by atoms with Crippen LogP contribution in [0.2, 0.25) is 0 Å². The number of anilines is 1. The first kappa shape index (κ1) is 26.6. The van der Waals surface area contributed by atoms with Gasteiger partial charge in [-0.05, 0) is 71.2 Å². The quantitative estimate of drug-likeness (QED) is 0.187. The Morgan fingerprint density at radius 3 is 2.61 bits per heavy atom. The number of hydrazone groups is 1. The molecule has 1 N–H and O–H groups in total. The monoisotopic (exact) mass is 553 g/mol. The fourth-order valence-corrected chi connectivity index (χ4v) is 3.89. The highest BCUT2D eigenvalue weighted by atomic mass is 79.9. The van der Waals surface area contributed by atoms with Crippen LogP contribution in [-0.4, -0.2) is 29.8 Å². The lowest BCUT2D eigenvalue weighted by atomic mass is 10.1. The van der Waals surface area contributed by atoms with Gasteiger partial charge in [0.05, 0.1) is 28.8 Å². The highest BCUT2D eigenvalue weighted by molar-refractivity contribution is 9.10. The smallest absolute Gasteiger partial charge is 0.269 e. The van der Waals surface area contributed by atoms with Gasteiger partial charge in [-0.1, -0.05) is 0 Å². The van der Waals surface area contributed by atoms with E-state index >= 15 is 0 Å². The summed E-state index contributed by atoms with van der Waals surface area (Å²) in [4.78, 5) is 14.8. The van der Waals surface area contributed by atoms with Gasteiger partial charge >= 0.3 is 0 Å². The number of pyridine rings is 1. The molecule has 0 aliphatic carbocycles. The zero-order chi connectivity index (χ0) is 26.1. The molecular weight excluding hydrogens is 530 g/mol. The molecule has 0 saturated carbocycles. The molecule has 0 spiro atoms. The van der Waals surface area contributed by atoms with Crippen molar-refractivity contribution in [3.63, 3.8) is 0 Å². The Balaban J connectivity index is 1.79. The van der Waals surface area contributed by atoms with Crippen molar-refractivity contribution in [3.05, 3.63) is 85.0 Å². The van der Waals surface area contributed by atoms with Crippen molar-refractivity contribution in [2.45, 2.75) is 27.1 Å². The van der Waals surface area contributed by atoms with Gasteiger partial charge in [0.1, 0.15) is 18.2 Å². The Kier molecular flexibility index (Phi) is 9.32. The number of nitro benzene ring substituents is 1. The van der Waals surface area contributed by atoms with Crippen molar-refractivity contribution in [2.75, 3.05) is 19.1 Å². The number of hydrogen-bond donors (Lipinski definition) is 1. The summed E-state index contributed by atoms with van der Waals surface area (Å²) in [6.07, 6.45) is 1.58. The van der Waals surface area contributed by atoms with Gasteiger partial charge in [0.25, 0.3) is 5.69 Å². The summed E-state index contributed by atoms with van der Waals surface area (Å²) < 4.78 is 17.5. The number of methoxy groups -OCH3 is 1. The lowest BCUT2D eigenvalue weighted by molar-refractivity contribution is -0.384. The topological polar surface area (TPSA) is 132 Å². The number of nitro groups is 1. The van der Waals surface area contributed by atoms with Crippen LogP contribution in [0, 0.1) is 28.4 Å². The van der Waals surface area contributed by atoms with E-state index in [0.29, 0.717) is 39.5 Å². The first-order chi connectivity index (χ1) is 17.4. The zero-order valence-electron chi connectivity index (χ0n) is 19.9. The van der Waals surface area contributed by atoms with E-state index in [1.54, 1.807) is 37.6 Å². The molecule has 0 aliphatic rings. The van der Waals surface area contributed by atoms with Crippen LogP contribution in [-0.2, 0) is 18.0 Å². The average molecular weight is 554 g/mol. The van der Waals surface area contributed by atoms with Gasteiger partial charge in [-0.3, -0.25) is 15.5 Å². The average Bonchev–Trinajstić information content (AvgIpc) is 2.84. The SMILES string of the molecule is CCOc1cc(/C=N\Nc2nc(C)cc(COC)c2C#N)cc(Br)c1OCc1ccc([N+](=O)[O-])cc1. The molecule has 186 valence electrons. The molecule has 10 nitrogen and oxygen atoms in total. The van der Waals surface area contributed by atoms with Crippen LogP contribution in [0.5, 0.6) is 11.5 Å². The number of aryl methyl sites for hydroxylation is 1. The normalized spacial score (nSPS) is 10.8. The molecule has 0 atom stereocenters. The van der Waals surface area contributed by atoms with E-state index in [-0.39, 0.29) is 18.9 Å². The third kappa shape index (κ3) is 6.78. The number of nitriles is 1. The number of non-ortho nitro benzene ring substituents is 1. The third-order valence-electron chi connectivity index (χ3n) is 4.89. The van der Waals surface area contributed by atoms with Gasteiger partial charge in [-0.15, -0.1) is 0 Å². The lowest BCUT2D eigenvalue weighted by Gasteiger charge is -2.15. The Bertz CT molecular complexity index is 1310. The fraction of sp³-hybridized carbons (Fsp3) is 0.240. The van der Waals surface area contributed by atoms with Crippen LogP contribution in [0.15, 0.2) is 52.0 Å². The predicted octanol–water partition coefficient (Wildman–Crippen LogP) is 5.50. The number of ether oxygens (including phenoxy) is 3. The number of aromatic nitrogens is 1. The summed E-state index contributed by atoms with van der Waals surface area (Å²) in [5.74, 6) is 1.34. The van der Waals surface area contributed by atoms with Crippen molar-refractivity contribution in [3.8, 4) is 17.6 Å². The summed E-state index contributed by atoms with van der Waals surface area (Å²) in [5.41, 5.74) is 6.17. The number of halogens is 1. The Morgan fingerprint density at radius 2 is 1.97 bits per heavy atom. The van der Waals surface area contributed by atoms with Gasteiger partial charge in [0.15, 0.2) is 17.3 Å². The molecule has 1 aromatic heterocycles. The van der Waals surface area contributed by atoms with E-state index in [1.165, 1.54) is 12.1 Å². The number of nitrogens with zero attached hydrogens (tertiary/aromatic N) is 4. The fourth-order valence-electron chi connectivity index (χ4n) is 3.32. The zero-order valence-corrected chi connectivity index (χ0v) is 21.5. The van der Waals surface area contributed by atoms with Crippen LogP contribution >= 0.6 is 15.9 Å². The Hall–Kier alpha value is -4.01. The molecule has 36 heavy (non-hydrogen) atoms. The lowest BCUT2D eigenvalue weighted by Crippen LogP contribution is -2.04. The second kappa shape index (κ2) is 12.6. The minimum absolute atomic E-state index is 0.0184. The highest BCUT2D eigenvalue weighted by Crippen LogP contribution is 2.37. The summed E-state index contributed by atoms with van der Waals surface area (Å²) >= 11 is 3.52. The Labute approximate surface area is 216 Å². The van der Waals surface area contributed by atoms with E-state index in [9.17, 15) is 15.4 Å². The maximum atomic E-state index is 10.8. The molecule has 0 aliphatic heterocycles. The van der Waals surface area contributed by atoms with E-state index in [1.807, 2.05) is 19.9 Å². The molecule has 0 radical (unpaired) electrons. The first-order valence-corrected chi connectivity index (χ1v) is 11.7. The third-order valence-corrected chi connectivity index (χ3v) is 5.48. The van der Waals surface area contributed by atoms with Crippen molar-refractivity contribution in [1.29, 1.82) is 5.26 Å². The van der Waals surface area contributed by atoms with Gasteiger partial charge < -0.3 is 14.2 Å². The molecule has 3 rings (SSSR count). The molecule has 0 saturated heterocycles. The summed E-state index contributed by atoms with van der Waals surface area (Å²) in [7, 11) is 1.56. The summed E-state index contributed by atoms with van der Waals surface area (Å²) in [6, 6.07) is 13.7. The molecule has 11 heteroatoms. The molecule has 0 amide bonds. The van der Waals surface area contributed by atoms with Crippen LogP contribution in [0.4, 0.5) is 11.5 Å². The maximum Gasteiger partial charge on any atom is 0.269 e. The molecule has 1 heterocycles. The second-order valence-electron chi connectivity index (χ2n) is 7.54. The molecule has 3 aromatic rings. The molecular formula is C25H24BrN5O5. The Morgan fingerprint density at radius 1 is 1.22 bits per heavy atom. The van der Waals surface area contributed by atoms with Gasteiger partial charge in [0, 0.05) is 30.5 Å².